The number of amides is 1. The lowest BCUT2D eigenvalue weighted by atomic mass is 10.1. The third-order valence-corrected chi connectivity index (χ3v) is 2.72. The predicted molar refractivity (Wildman–Crippen MR) is 72.6 cm³/mol. The molecule has 0 saturated heterocycles. The van der Waals surface area contributed by atoms with Crippen molar-refractivity contribution in [1.82, 2.24) is 5.32 Å². The first-order valence-corrected chi connectivity index (χ1v) is 6.25. The van der Waals surface area contributed by atoms with Crippen LogP contribution in [0.2, 0.25) is 0 Å². The molecule has 0 aromatic heterocycles. The highest BCUT2D eigenvalue weighted by molar-refractivity contribution is 6.00. The van der Waals surface area contributed by atoms with Gasteiger partial charge in [0.1, 0.15) is 0 Å². The zero-order valence-electron chi connectivity index (χ0n) is 11.2. The molecule has 0 heterocycles. The minimum absolute atomic E-state index is 0.0497. The topological polar surface area (TPSA) is 67.2 Å². The number of hydrogen-bond donors (Lipinski definition) is 3. The summed E-state index contributed by atoms with van der Waals surface area (Å²) in [6.45, 7) is 0.351. The Morgan fingerprint density at radius 3 is 2.60 bits per heavy atom. The van der Waals surface area contributed by atoms with Crippen LogP contribution in [0, 0.1) is 0 Å². The van der Waals surface area contributed by atoms with E-state index in [1.54, 1.807) is 18.2 Å². The van der Waals surface area contributed by atoms with E-state index >= 15 is 0 Å². The minimum Gasteiger partial charge on any atom is -0.399 e. The zero-order valence-corrected chi connectivity index (χ0v) is 11.2. The number of carbonyl (C=O) groups is 1. The standard InChI is InChI=1S/C13H18F3N3O/c1-18-12(20)10-5-4-9(17)8-11(10)19-7-3-2-6-13(14,15)16/h4-5,8,19H,2-3,6-7,17H2,1H3,(H,18,20). The largest absolute Gasteiger partial charge is 0.399 e. The molecule has 0 aliphatic heterocycles. The van der Waals surface area contributed by atoms with Gasteiger partial charge in [0.05, 0.1) is 5.56 Å². The van der Waals surface area contributed by atoms with Crippen LogP contribution >= 0.6 is 0 Å². The molecule has 0 bridgehead atoms. The number of nitrogen functional groups attached to an aromatic ring is 1. The molecule has 0 aliphatic carbocycles. The Hall–Kier alpha value is -1.92. The number of unbranched alkanes of at least 4 members (excludes halogenated alkanes) is 1. The number of anilines is 2. The van der Waals surface area contributed by atoms with Crippen LogP contribution in [0.3, 0.4) is 0 Å². The summed E-state index contributed by atoms with van der Waals surface area (Å²) in [6.07, 6.45) is -4.51. The highest BCUT2D eigenvalue weighted by Crippen LogP contribution is 2.23. The van der Waals surface area contributed by atoms with E-state index in [1.165, 1.54) is 7.05 Å². The van der Waals surface area contributed by atoms with Crippen LogP contribution in [0.4, 0.5) is 24.5 Å². The van der Waals surface area contributed by atoms with Crippen molar-refractivity contribution in [3.05, 3.63) is 23.8 Å². The number of benzene rings is 1. The second-order valence-corrected chi connectivity index (χ2v) is 4.38. The van der Waals surface area contributed by atoms with Crippen molar-refractivity contribution >= 4 is 17.3 Å². The van der Waals surface area contributed by atoms with Crippen LogP contribution in [-0.2, 0) is 0 Å². The van der Waals surface area contributed by atoms with Gasteiger partial charge in [-0.15, -0.1) is 0 Å². The number of hydrogen-bond acceptors (Lipinski definition) is 3. The van der Waals surface area contributed by atoms with Gasteiger partial charge >= 0.3 is 6.18 Å². The molecule has 20 heavy (non-hydrogen) atoms. The number of nitrogens with two attached hydrogens (primary N) is 1. The van der Waals surface area contributed by atoms with E-state index in [2.05, 4.69) is 10.6 Å². The Morgan fingerprint density at radius 2 is 2.00 bits per heavy atom. The van der Waals surface area contributed by atoms with Crippen LogP contribution in [-0.4, -0.2) is 25.7 Å². The molecule has 0 radical (unpaired) electrons. The van der Waals surface area contributed by atoms with Crippen molar-refractivity contribution in [1.29, 1.82) is 0 Å². The molecule has 4 nitrogen and oxygen atoms in total. The average molecular weight is 289 g/mol. The molecule has 0 fully saturated rings. The number of rotatable bonds is 6. The van der Waals surface area contributed by atoms with Crippen LogP contribution < -0.4 is 16.4 Å². The quantitative estimate of drug-likeness (QED) is 0.557. The lowest BCUT2D eigenvalue weighted by molar-refractivity contribution is -0.135. The summed E-state index contributed by atoms with van der Waals surface area (Å²) in [6, 6.07) is 4.76. The monoisotopic (exact) mass is 289 g/mol. The molecule has 1 rings (SSSR count). The summed E-state index contributed by atoms with van der Waals surface area (Å²) in [5.74, 6) is -0.275. The molecule has 112 valence electrons. The number of carbonyl (C=O) groups excluding carboxylic acids is 1. The maximum absolute atomic E-state index is 12.0. The average Bonchev–Trinajstić information content (AvgIpc) is 2.36. The van der Waals surface area contributed by atoms with Gasteiger partial charge in [-0.3, -0.25) is 4.79 Å². The Morgan fingerprint density at radius 1 is 1.30 bits per heavy atom. The second kappa shape index (κ2) is 7.02. The van der Waals surface area contributed by atoms with Gasteiger partial charge in [0.25, 0.3) is 5.91 Å². The smallest absolute Gasteiger partial charge is 0.389 e. The maximum atomic E-state index is 12.0. The fourth-order valence-corrected chi connectivity index (χ4v) is 1.71. The van der Waals surface area contributed by atoms with Crippen molar-refractivity contribution in [2.75, 3.05) is 24.6 Å². The van der Waals surface area contributed by atoms with Crippen LogP contribution in [0.15, 0.2) is 18.2 Å². The summed E-state index contributed by atoms with van der Waals surface area (Å²) in [4.78, 5) is 11.6. The van der Waals surface area contributed by atoms with E-state index in [1.807, 2.05) is 0 Å². The highest BCUT2D eigenvalue weighted by atomic mass is 19.4. The van der Waals surface area contributed by atoms with Crippen LogP contribution in [0.5, 0.6) is 0 Å². The number of halogens is 3. The van der Waals surface area contributed by atoms with Gasteiger partial charge in [0.2, 0.25) is 0 Å². The first-order valence-electron chi connectivity index (χ1n) is 6.25. The SMILES string of the molecule is CNC(=O)c1ccc(N)cc1NCCCCC(F)(F)F. The third-order valence-electron chi connectivity index (χ3n) is 2.72. The Bertz CT molecular complexity index is 461. The first-order chi connectivity index (χ1) is 9.33. The first kappa shape index (κ1) is 16.1. The van der Waals surface area contributed by atoms with E-state index in [0.717, 1.165) is 0 Å². The fourth-order valence-electron chi connectivity index (χ4n) is 1.71. The molecule has 0 atom stereocenters. The van der Waals surface area contributed by atoms with Crippen molar-refractivity contribution in [3.8, 4) is 0 Å². The van der Waals surface area contributed by atoms with E-state index in [4.69, 9.17) is 5.73 Å². The summed E-state index contributed by atoms with van der Waals surface area (Å²) in [5, 5.41) is 5.44. The molecule has 1 aromatic carbocycles. The predicted octanol–water partition coefficient (Wildman–Crippen LogP) is 2.77. The van der Waals surface area contributed by atoms with E-state index < -0.39 is 12.6 Å². The van der Waals surface area contributed by atoms with Gasteiger partial charge in [-0.25, -0.2) is 0 Å². The highest BCUT2D eigenvalue weighted by Gasteiger charge is 2.25. The molecule has 4 N–H and O–H groups in total. The number of nitrogens with one attached hydrogen (secondary N) is 2. The summed E-state index contributed by atoms with van der Waals surface area (Å²) >= 11 is 0. The summed E-state index contributed by atoms with van der Waals surface area (Å²) in [7, 11) is 1.51. The van der Waals surface area contributed by atoms with E-state index in [9.17, 15) is 18.0 Å². The Labute approximate surface area is 115 Å². The Balaban J connectivity index is 2.54. The molecule has 7 heteroatoms. The Kier molecular flexibility index (Phi) is 5.66. The molecular weight excluding hydrogens is 271 g/mol. The lowest BCUT2D eigenvalue weighted by Gasteiger charge is -2.12. The van der Waals surface area contributed by atoms with Gasteiger partial charge in [-0.05, 0) is 31.0 Å². The van der Waals surface area contributed by atoms with Gasteiger partial charge in [-0.2, -0.15) is 13.2 Å². The minimum atomic E-state index is -4.12. The third kappa shape index (κ3) is 5.38. The van der Waals surface area contributed by atoms with Crippen LogP contribution in [0.1, 0.15) is 29.6 Å². The molecule has 0 saturated carbocycles. The normalized spacial score (nSPS) is 11.2. The van der Waals surface area contributed by atoms with Crippen LogP contribution in [0.25, 0.3) is 0 Å². The fraction of sp³-hybridized carbons (Fsp3) is 0.462. The van der Waals surface area contributed by atoms with Crippen molar-refractivity contribution < 1.29 is 18.0 Å². The molecular formula is C13H18F3N3O. The van der Waals surface area contributed by atoms with Crippen molar-refractivity contribution in [3.63, 3.8) is 0 Å². The van der Waals surface area contributed by atoms with Gasteiger partial charge in [0, 0.05) is 31.4 Å². The molecule has 0 aliphatic rings. The summed E-state index contributed by atoms with van der Waals surface area (Å²) in [5.41, 5.74) is 7.06. The molecule has 0 unspecified atom stereocenters. The second-order valence-electron chi connectivity index (χ2n) is 4.38. The van der Waals surface area contributed by atoms with Gasteiger partial charge in [0.15, 0.2) is 0 Å². The van der Waals surface area contributed by atoms with E-state index in [-0.39, 0.29) is 12.3 Å². The summed E-state index contributed by atoms with van der Waals surface area (Å²) < 4.78 is 36.0. The van der Waals surface area contributed by atoms with Crippen molar-refractivity contribution in [2.24, 2.45) is 0 Å². The maximum Gasteiger partial charge on any atom is 0.389 e. The lowest BCUT2D eigenvalue weighted by Crippen LogP contribution is -2.20. The number of alkyl halides is 3. The van der Waals surface area contributed by atoms with Gasteiger partial charge < -0.3 is 16.4 Å². The molecule has 1 aromatic rings. The zero-order chi connectivity index (χ0) is 15.2. The molecule has 0 spiro atoms. The van der Waals surface area contributed by atoms with Crippen molar-refractivity contribution in [2.45, 2.75) is 25.4 Å². The molecule has 1 amide bonds. The van der Waals surface area contributed by atoms with E-state index in [0.29, 0.717) is 29.9 Å². The van der Waals surface area contributed by atoms with Gasteiger partial charge in [-0.1, -0.05) is 0 Å².